The van der Waals surface area contributed by atoms with Crippen LogP contribution in [-0.4, -0.2) is 31.8 Å². The maximum Gasteiger partial charge on any atom is 0.243 e. The fourth-order valence-corrected chi connectivity index (χ4v) is 4.50. The number of ether oxygens (including phenoxy) is 1. The van der Waals surface area contributed by atoms with Crippen molar-refractivity contribution in [1.29, 1.82) is 0 Å². The number of benzene rings is 3. The molecular formula is C24H25FN2O4S. The summed E-state index contributed by atoms with van der Waals surface area (Å²) < 4.78 is 46.8. The van der Waals surface area contributed by atoms with Crippen molar-refractivity contribution < 1.29 is 22.3 Å². The maximum absolute atomic E-state index is 13.6. The number of halogens is 1. The Balaban J connectivity index is 1.87. The first-order chi connectivity index (χ1) is 15.3. The predicted octanol–water partition coefficient (Wildman–Crippen LogP) is 4.36. The average molecular weight is 457 g/mol. The number of sulfonamides is 1. The zero-order chi connectivity index (χ0) is 23.1. The quantitative estimate of drug-likeness (QED) is 0.519. The Kier molecular flexibility index (Phi) is 7.61. The number of hydrogen-bond acceptors (Lipinski definition) is 4. The third-order valence-electron chi connectivity index (χ3n) is 4.77. The lowest BCUT2D eigenvalue weighted by atomic mass is 10.2. The van der Waals surface area contributed by atoms with Crippen LogP contribution in [0.1, 0.15) is 18.1 Å². The van der Waals surface area contributed by atoms with E-state index in [0.717, 1.165) is 9.87 Å². The van der Waals surface area contributed by atoms with E-state index in [1.54, 1.807) is 49.4 Å². The van der Waals surface area contributed by atoms with Crippen LogP contribution < -0.4 is 10.1 Å². The topological polar surface area (TPSA) is 75.7 Å². The first kappa shape index (κ1) is 23.4. The summed E-state index contributed by atoms with van der Waals surface area (Å²) in [6, 6.07) is 19.1. The molecule has 8 heteroatoms. The van der Waals surface area contributed by atoms with E-state index in [2.05, 4.69) is 5.32 Å². The number of amides is 1. The number of hydrogen-bond donors (Lipinski definition) is 1. The van der Waals surface area contributed by atoms with E-state index in [1.165, 1.54) is 24.3 Å². The lowest BCUT2D eigenvalue weighted by Crippen LogP contribution is -2.37. The Morgan fingerprint density at radius 1 is 1.03 bits per heavy atom. The van der Waals surface area contributed by atoms with Crippen LogP contribution in [-0.2, 0) is 21.4 Å². The molecule has 0 spiro atoms. The summed E-state index contributed by atoms with van der Waals surface area (Å²) in [5.74, 6) is -0.501. The van der Waals surface area contributed by atoms with Crippen molar-refractivity contribution in [2.45, 2.75) is 25.3 Å². The van der Waals surface area contributed by atoms with Crippen LogP contribution in [0, 0.1) is 12.7 Å². The lowest BCUT2D eigenvalue weighted by Gasteiger charge is -2.22. The summed E-state index contributed by atoms with van der Waals surface area (Å²) in [6.07, 6.45) is 0. The van der Waals surface area contributed by atoms with E-state index < -0.39 is 28.3 Å². The summed E-state index contributed by atoms with van der Waals surface area (Å²) in [4.78, 5) is 12.8. The Labute approximate surface area is 187 Å². The third kappa shape index (κ3) is 5.93. The fraction of sp³-hybridized carbons (Fsp3) is 0.208. The summed E-state index contributed by atoms with van der Waals surface area (Å²) in [6.45, 7) is 3.61. The smallest absolute Gasteiger partial charge is 0.243 e. The number of rotatable bonds is 9. The Hall–Kier alpha value is -3.23. The third-order valence-corrected chi connectivity index (χ3v) is 6.57. The van der Waals surface area contributed by atoms with Gasteiger partial charge in [-0.1, -0.05) is 36.4 Å². The number of carbonyl (C=O) groups excluding carboxylic acids is 1. The van der Waals surface area contributed by atoms with Crippen molar-refractivity contribution in [3.8, 4) is 5.75 Å². The molecule has 0 aliphatic carbocycles. The molecule has 3 aromatic rings. The molecule has 32 heavy (non-hydrogen) atoms. The van der Waals surface area contributed by atoms with Gasteiger partial charge in [-0.05, 0) is 61.4 Å². The first-order valence-electron chi connectivity index (χ1n) is 10.1. The van der Waals surface area contributed by atoms with Crippen LogP contribution in [0.3, 0.4) is 0 Å². The summed E-state index contributed by atoms with van der Waals surface area (Å²) in [5.41, 5.74) is 1.70. The molecule has 0 aromatic heterocycles. The SMILES string of the molecule is CCOc1ccc(S(=O)(=O)N(CC(=O)Nc2cc(F)ccc2C)Cc2ccccc2)cc1. The Morgan fingerprint density at radius 2 is 1.72 bits per heavy atom. The van der Waals surface area contributed by atoms with Gasteiger partial charge < -0.3 is 10.1 Å². The monoisotopic (exact) mass is 456 g/mol. The van der Waals surface area contributed by atoms with E-state index in [-0.39, 0.29) is 11.4 Å². The van der Waals surface area contributed by atoms with Gasteiger partial charge in [0, 0.05) is 12.2 Å². The molecule has 0 radical (unpaired) electrons. The van der Waals surface area contributed by atoms with Crippen molar-refractivity contribution in [3.63, 3.8) is 0 Å². The van der Waals surface area contributed by atoms with Crippen LogP contribution in [0.4, 0.5) is 10.1 Å². The van der Waals surface area contributed by atoms with E-state index in [4.69, 9.17) is 4.74 Å². The van der Waals surface area contributed by atoms with Crippen molar-refractivity contribution in [1.82, 2.24) is 4.31 Å². The van der Waals surface area contributed by atoms with Gasteiger partial charge in [0.05, 0.1) is 18.0 Å². The molecule has 6 nitrogen and oxygen atoms in total. The highest BCUT2D eigenvalue weighted by molar-refractivity contribution is 7.89. The number of nitrogens with zero attached hydrogens (tertiary/aromatic N) is 1. The zero-order valence-corrected chi connectivity index (χ0v) is 18.7. The van der Waals surface area contributed by atoms with Gasteiger partial charge in [-0.3, -0.25) is 4.79 Å². The van der Waals surface area contributed by atoms with Crippen LogP contribution in [0.2, 0.25) is 0 Å². The van der Waals surface area contributed by atoms with Crippen molar-refractivity contribution >= 4 is 21.6 Å². The molecule has 0 saturated carbocycles. The molecule has 0 unspecified atom stereocenters. The average Bonchev–Trinajstić information content (AvgIpc) is 2.77. The highest BCUT2D eigenvalue weighted by Crippen LogP contribution is 2.22. The normalized spacial score (nSPS) is 11.4. The second kappa shape index (κ2) is 10.4. The molecular weight excluding hydrogens is 431 g/mol. The number of nitrogens with one attached hydrogen (secondary N) is 1. The predicted molar refractivity (Wildman–Crippen MR) is 121 cm³/mol. The van der Waals surface area contributed by atoms with Gasteiger partial charge in [-0.2, -0.15) is 4.31 Å². The van der Waals surface area contributed by atoms with Crippen LogP contribution in [0.15, 0.2) is 77.7 Å². The molecule has 0 heterocycles. The van der Waals surface area contributed by atoms with Gasteiger partial charge in [0.1, 0.15) is 11.6 Å². The van der Waals surface area contributed by atoms with Crippen LogP contribution in [0.5, 0.6) is 5.75 Å². The Morgan fingerprint density at radius 3 is 2.38 bits per heavy atom. The molecule has 0 bridgehead atoms. The molecule has 0 aliphatic heterocycles. The van der Waals surface area contributed by atoms with Gasteiger partial charge in [-0.15, -0.1) is 0 Å². The maximum atomic E-state index is 13.6. The minimum atomic E-state index is -3.99. The summed E-state index contributed by atoms with van der Waals surface area (Å²) in [7, 11) is -3.99. The summed E-state index contributed by atoms with van der Waals surface area (Å²) in [5, 5.41) is 2.61. The fourth-order valence-electron chi connectivity index (χ4n) is 3.12. The molecule has 1 N–H and O–H groups in total. The van der Waals surface area contributed by atoms with Crippen LogP contribution in [0.25, 0.3) is 0 Å². The molecule has 0 aliphatic rings. The number of anilines is 1. The van der Waals surface area contributed by atoms with E-state index in [1.807, 2.05) is 13.0 Å². The van der Waals surface area contributed by atoms with Gasteiger partial charge in [-0.25, -0.2) is 12.8 Å². The zero-order valence-electron chi connectivity index (χ0n) is 17.9. The van der Waals surface area contributed by atoms with E-state index in [9.17, 15) is 17.6 Å². The minimum Gasteiger partial charge on any atom is -0.494 e. The summed E-state index contributed by atoms with van der Waals surface area (Å²) >= 11 is 0. The van der Waals surface area contributed by atoms with Crippen molar-refractivity contribution in [2.75, 3.05) is 18.5 Å². The molecule has 0 fully saturated rings. The molecule has 168 valence electrons. The van der Waals surface area contributed by atoms with Gasteiger partial charge in [0.25, 0.3) is 0 Å². The van der Waals surface area contributed by atoms with Gasteiger partial charge in [0.15, 0.2) is 0 Å². The lowest BCUT2D eigenvalue weighted by molar-refractivity contribution is -0.116. The van der Waals surface area contributed by atoms with E-state index in [0.29, 0.717) is 23.6 Å². The standard InChI is InChI=1S/C24H25FN2O4S/c1-3-31-21-11-13-22(14-12-21)32(29,30)27(16-19-7-5-4-6-8-19)17-24(28)26-23-15-20(25)10-9-18(23)2/h4-15H,3,16-17H2,1-2H3,(H,26,28). The van der Waals surface area contributed by atoms with Crippen molar-refractivity contribution in [3.05, 3.63) is 89.7 Å². The van der Waals surface area contributed by atoms with E-state index >= 15 is 0 Å². The number of carbonyl (C=O) groups is 1. The minimum absolute atomic E-state index is 0.00589. The molecule has 1 amide bonds. The molecule has 3 rings (SSSR count). The second-order valence-corrected chi connectivity index (χ2v) is 9.11. The largest absolute Gasteiger partial charge is 0.494 e. The number of aryl methyl sites for hydroxylation is 1. The first-order valence-corrected chi connectivity index (χ1v) is 11.6. The van der Waals surface area contributed by atoms with Gasteiger partial charge in [0.2, 0.25) is 15.9 Å². The van der Waals surface area contributed by atoms with Crippen molar-refractivity contribution in [2.24, 2.45) is 0 Å². The Bertz CT molecular complexity index is 1170. The second-order valence-electron chi connectivity index (χ2n) is 7.17. The van der Waals surface area contributed by atoms with Crippen LogP contribution >= 0.6 is 0 Å². The molecule has 3 aromatic carbocycles. The molecule has 0 saturated heterocycles. The highest BCUT2D eigenvalue weighted by atomic mass is 32.2. The molecule has 0 atom stereocenters. The van der Waals surface area contributed by atoms with Gasteiger partial charge >= 0.3 is 0 Å². The highest BCUT2D eigenvalue weighted by Gasteiger charge is 2.27.